The van der Waals surface area contributed by atoms with Crippen LogP contribution < -0.4 is 5.32 Å². The van der Waals surface area contributed by atoms with Gasteiger partial charge in [0.2, 0.25) is 0 Å². The Balaban J connectivity index is 2.17. The number of hydrogen-bond donors (Lipinski definition) is 1. The summed E-state index contributed by atoms with van der Waals surface area (Å²) in [7, 11) is 0. The second-order valence-corrected chi connectivity index (χ2v) is 4.65. The third-order valence-corrected chi connectivity index (χ3v) is 3.57. The lowest BCUT2D eigenvalue weighted by Gasteiger charge is -1.95. The van der Waals surface area contributed by atoms with Crippen molar-refractivity contribution in [2.24, 2.45) is 0 Å². The third kappa shape index (κ3) is 2.09. The van der Waals surface area contributed by atoms with Crippen LogP contribution in [0.2, 0.25) is 0 Å². The molecule has 0 radical (unpaired) electrons. The van der Waals surface area contributed by atoms with Crippen molar-refractivity contribution in [2.75, 3.05) is 13.1 Å². The van der Waals surface area contributed by atoms with Gasteiger partial charge in [0, 0.05) is 24.4 Å². The molecular weight excluding hydrogens is 180 g/mol. The fraction of sp³-hybridized carbons (Fsp3) is 0.700. The summed E-state index contributed by atoms with van der Waals surface area (Å²) in [5.74, 6) is 0. The molecule has 0 spiro atoms. The molecule has 0 amide bonds. The molecule has 0 bridgehead atoms. The van der Waals surface area contributed by atoms with Crippen molar-refractivity contribution in [1.82, 2.24) is 10.3 Å². The Labute approximate surface area is 83.4 Å². The van der Waals surface area contributed by atoms with Crippen molar-refractivity contribution in [2.45, 2.75) is 32.6 Å². The molecule has 0 aliphatic carbocycles. The molecule has 2 heterocycles. The maximum absolute atomic E-state index is 4.68. The van der Waals surface area contributed by atoms with E-state index in [1.54, 1.807) is 0 Å². The number of aromatic nitrogens is 1. The molecule has 0 unspecified atom stereocenters. The first-order valence-electron chi connectivity index (χ1n) is 5.08. The minimum absolute atomic E-state index is 1.10. The highest BCUT2D eigenvalue weighted by Crippen LogP contribution is 2.21. The Morgan fingerprint density at radius 1 is 1.38 bits per heavy atom. The molecule has 0 aromatic carbocycles. The predicted octanol–water partition coefficient (Wildman–Crippen LogP) is 1.78. The van der Waals surface area contributed by atoms with Crippen molar-refractivity contribution in [3.8, 4) is 0 Å². The molecule has 0 atom stereocenters. The van der Waals surface area contributed by atoms with E-state index >= 15 is 0 Å². The number of rotatable bonds is 2. The molecule has 2 rings (SSSR count). The second kappa shape index (κ2) is 4.20. The summed E-state index contributed by atoms with van der Waals surface area (Å²) in [5.41, 5.74) is 1.36. The zero-order chi connectivity index (χ0) is 9.10. The number of hydrogen-bond acceptors (Lipinski definition) is 3. The summed E-state index contributed by atoms with van der Waals surface area (Å²) in [6.07, 6.45) is 4.67. The van der Waals surface area contributed by atoms with Crippen LogP contribution in [0.4, 0.5) is 0 Å². The summed E-state index contributed by atoms with van der Waals surface area (Å²) in [6.45, 7) is 4.44. The van der Waals surface area contributed by atoms with E-state index in [4.69, 9.17) is 0 Å². The largest absolute Gasteiger partial charge is 0.316 e. The highest BCUT2D eigenvalue weighted by molar-refractivity contribution is 7.11. The fourth-order valence-corrected chi connectivity index (χ4v) is 2.90. The zero-order valence-electron chi connectivity index (χ0n) is 8.10. The lowest BCUT2D eigenvalue weighted by molar-refractivity contribution is 0.707. The number of fused-ring (bicyclic) bond motifs is 1. The summed E-state index contributed by atoms with van der Waals surface area (Å²) in [6, 6.07) is 0. The molecule has 2 nitrogen and oxygen atoms in total. The van der Waals surface area contributed by atoms with Crippen LogP contribution in [-0.4, -0.2) is 18.1 Å². The molecule has 3 heteroatoms. The van der Waals surface area contributed by atoms with Gasteiger partial charge in [-0.15, -0.1) is 11.3 Å². The monoisotopic (exact) mass is 196 g/mol. The highest BCUT2D eigenvalue weighted by atomic mass is 32.1. The van der Waals surface area contributed by atoms with Gasteiger partial charge in [-0.2, -0.15) is 0 Å². The highest BCUT2D eigenvalue weighted by Gasteiger charge is 2.12. The zero-order valence-corrected chi connectivity index (χ0v) is 8.91. The summed E-state index contributed by atoms with van der Waals surface area (Å²) >= 11 is 1.92. The van der Waals surface area contributed by atoms with Crippen molar-refractivity contribution in [1.29, 1.82) is 0 Å². The Morgan fingerprint density at radius 2 is 2.23 bits per heavy atom. The van der Waals surface area contributed by atoms with E-state index in [1.165, 1.54) is 28.4 Å². The maximum Gasteiger partial charge on any atom is 0.0931 e. The Bertz CT molecular complexity index is 257. The molecule has 1 N–H and O–H groups in total. The molecule has 1 aromatic rings. The summed E-state index contributed by atoms with van der Waals surface area (Å²) in [4.78, 5) is 6.20. The van der Waals surface area contributed by atoms with Crippen LogP contribution in [0.15, 0.2) is 0 Å². The first-order chi connectivity index (χ1) is 6.40. The maximum atomic E-state index is 4.68. The quantitative estimate of drug-likeness (QED) is 0.780. The van der Waals surface area contributed by atoms with E-state index in [0.717, 1.165) is 25.9 Å². The molecule has 72 valence electrons. The third-order valence-electron chi connectivity index (χ3n) is 2.35. The van der Waals surface area contributed by atoms with Gasteiger partial charge in [-0.05, 0) is 19.3 Å². The van der Waals surface area contributed by atoms with Crippen LogP contribution in [-0.2, 0) is 19.3 Å². The smallest absolute Gasteiger partial charge is 0.0931 e. The lowest BCUT2D eigenvalue weighted by atomic mass is 10.2. The van der Waals surface area contributed by atoms with Gasteiger partial charge in [-0.3, -0.25) is 0 Å². The standard InChI is InChI=1S/C10H16N2S/c1-2-3-10-12-8-4-6-11-7-5-9(8)13-10/h11H,2-7H2,1H3. The fourth-order valence-electron chi connectivity index (χ4n) is 1.68. The van der Waals surface area contributed by atoms with E-state index in [0.29, 0.717) is 0 Å². The molecule has 1 aliphatic heterocycles. The van der Waals surface area contributed by atoms with E-state index in [2.05, 4.69) is 17.2 Å². The van der Waals surface area contributed by atoms with E-state index in [-0.39, 0.29) is 0 Å². The van der Waals surface area contributed by atoms with Gasteiger partial charge in [0.15, 0.2) is 0 Å². The lowest BCUT2D eigenvalue weighted by Crippen LogP contribution is -2.16. The van der Waals surface area contributed by atoms with Crippen LogP contribution in [0.1, 0.15) is 28.9 Å². The summed E-state index contributed by atoms with van der Waals surface area (Å²) in [5, 5.41) is 4.74. The van der Waals surface area contributed by atoms with E-state index in [9.17, 15) is 0 Å². The minimum atomic E-state index is 1.10. The topological polar surface area (TPSA) is 24.9 Å². The Morgan fingerprint density at radius 3 is 3.08 bits per heavy atom. The van der Waals surface area contributed by atoms with Crippen LogP contribution in [0.5, 0.6) is 0 Å². The molecule has 0 fully saturated rings. The molecular formula is C10H16N2S. The summed E-state index contributed by atoms with van der Waals surface area (Å²) < 4.78 is 0. The van der Waals surface area contributed by atoms with Crippen LogP contribution in [0, 0.1) is 0 Å². The van der Waals surface area contributed by atoms with E-state index < -0.39 is 0 Å². The van der Waals surface area contributed by atoms with Gasteiger partial charge in [0.05, 0.1) is 10.7 Å². The predicted molar refractivity (Wildman–Crippen MR) is 56.4 cm³/mol. The van der Waals surface area contributed by atoms with Gasteiger partial charge in [-0.25, -0.2) is 4.98 Å². The second-order valence-electron chi connectivity index (χ2n) is 3.48. The first-order valence-corrected chi connectivity index (χ1v) is 5.90. The average Bonchev–Trinajstić information content (AvgIpc) is 2.37. The Hall–Kier alpha value is -0.410. The molecule has 1 aliphatic rings. The van der Waals surface area contributed by atoms with Gasteiger partial charge >= 0.3 is 0 Å². The van der Waals surface area contributed by atoms with Crippen molar-refractivity contribution >= 4 is 11.3 Å². The van der Waals surface area contributed by atoms with Gasteiger partial charge in [0.25, 0.3) is 0 Å². The number of aryl methyl sites for hydroxylation is 1. The van der Waals surface area contributed by atoms with Crippen LogP contribution in [0.25, 0.3) is 0 Å². The van der Waals surface area contributed by atoms with Gasteiger partial charge < -0.3 is 5.32 Å². The Kier molecular flexibility index (Phi) is 2.96. The molecule has 13 heavy (non-hydrogen) atoms. The average molecular weight is 196 g/mol. The molecule has 0 saturated carbocycles. The number of nitrogens with one attached hydrogen (secondary N) is 1. The van der Waals surface area contributed by atoms with Gasteiger partial charge in [0.1, 0.15) is 0 Å². The van der Waals surface area contributed by atoms with Crippen LogP contribution >= 0.6 is 11.3 Å². The van der Waals surface area contributed by atoms with E-state index in [1.807, 2.05) is 11.3 Å². The van der Waals surface area contributed by atoms with Crippen molar-refractivity contribution in [3.63, 3.8) is 0 Å². The SMILES string of the molecule is CCCc1nc2c(s1)CCNCC2. The van der Waals surface area contributed by atoms with Gasteiger partial charge in [-0.1, -0.05) is 6.92 Å². The number of thiazole rings is 1. The van der Waals surface area contributed by atoms with Crippen molar-refractivity contribution < 1.29 is 0 Å². The first kappa shape index (κ1) is 9.16. The minimum Gasteiger partial charge on any atom is -0.316 e. The molecule has 0 saturated heterocycles. The van der Waals surface area contributed by atoms with Crippen LogP contribution in [0.3, 0.4) is 0 Å². The molecule has 1 aromatic heterocycles. The van der Waals surface area contributed by atoms with Crippen molar-refractivity contribution in [3.05, 3.63) is 15.6 Å². The normalized spacial score (nSPS) is 16.7. The number of nitrogens with zero attached hydrogens (tertiary/aromatic N) is 1.